The van der Waals surface area contributed by atoms with Crippen LogP contribution >= 0.6 is 0 Å². The zero-order valence-electron chi connectivity index (χ0n) is 15.9. The molecule has 0 radical (unpaired) electrons. The highest BCUT2D eigenvalue weighted by Crippen LogP contribution is 2.42. The summed E-state index contributed by atoms with van der Waals surface area (Å²) in [5.41, 5.74) is -1.54. The molecule has 162 valence electrons. The van der Waals surface area contributed by atoms with Crippen LogP contribution in [0.5, 0.6) is 0 Å². The minimum Gasteiger partial charge on any atom is -0.400 e. The lowest BCUT2D eigenvalue weighted by molar-refractivity contribution is 0.101. The van der Waals surface area contributed by atoms with E-state index in [4.69, 9.17) is 5.11 Å². The Hall–Kier alpha value is -2.01. The number of sulfone groups is 1. The molecule has 0 amide bonds. The lowest BCUT2D eigenvalue weighted by Gasteiger charge is -2.23. The van der Waals surface area contributed by atoms with E-state index in [2.05, 4.69) is 0 Å². The molecule has 29 heavy (non-hydrogen) atoms. The highest BCUT2D eigenvalue weighted by atomic mass is 32.2. The second-order valence-corrected chi connectivity index (χ2v) is 7.72. The molecule has 1 aliphatic carbocycles. The molecule has 1 aromatic carbocycles. The van der Waals surface area contributed by atoms with E-state index in [1.165, 1.54) is 18.2 Å². The monoisotopic (exact) mass is 438 g/mol. The van der Waals surface area contributed by atoms with E-state index in [9.17, 15) is 36.2 Å². The molecule has 0 saturated heterocycles. The summed E-state index contributed by atoms with van der Waals surface area (Å²) in [5.74, 6) is -7.40. The van der Waals surface area contributed by atoms with Gasteiger partial charge in [-0.1, -0.05) is 32.1 Å². The van der Waals surface area contributed by atoms with E-state index >= 15 is 0 Å². The van der Waals surface area contributed by atoms with Crippen molar-refractivity contribution < 1.29 is 41.3 Å². The van der Waals surface area contributed by atoms with Gasteiger partial charge in [0.15, 0.2) is 33.1 Å². The van der Waals surface area contributed by atoms with Gasteiger partial charge in [0, 0.05) is 18.7 Å². The summed E-state index contributed by atoms with van der Waals surface area (Å²) in [6.45, 7) is 4.00. The largest absolute Gasteiger partial charge is 0.400 e. The smallest absolute Gasteiger partial charge is 0.187 e. The number of aliphatic hydroxyl groups excluding tert-OH is 3. The van der Waals surface area contributed by atoms with Crippen LogP contribution in [0.4, 0.5) is 17.6 Å². The lowest BCUT2D eigenvalue weighted by Crippen LogP contribution is -2.36. The Morgan fingerprint density at radius 3 is 2.00 bits per heavy atom. The van der Waals surface area contributed by atoms with Crippen molar-refractivity contribution in [3.8, 4) is 0 Å². The summed E-state index contributed by atoms with van der Waals surface area (Å²) in [4.78, 5) is -0.310. The van der Waals surface area contributed by atoms with Crippen LogP contribution in [0.15, 0.2) is 40.8 Å². The number of hydrogen-bond acceptors (Lipinski definition) is 5. The first-order chi connectivity index (χ1) is 13.7. The molecule has 1 aliphatic heterocycles. The summed E-state index contributed by atoms with van der Waals surface area (Å²) < 4.78 is 79.7. The third-order valence-electron chi connectivity index (χ3n) is 4.17. The molecule has 0 saturated carbocycles. The molecular formula is C19H22F4O5S. The number of rotatable bonds is 2. The Morgan fingerprint density at radius 2 is 1.48 bits per heavy atom. The van der Waals surface area contributed by atoms with Crippen molar-refractivity contribution in [3.05, 3.63) is 69.7 Å². The molecule has 3 N–H and O–H groups in total. The van der Waals surface area contributed by atoms with Crippen molar-refractivity contribution >= 4 is 9.84 Å². The van der Waals surface area contributed by atoms with E-state index in [1.807, 2.05) is 13.8 Å². The Labute approximate surface area is 166 Å². The van der Waals surface area contributed by atoms with E-state index < -0.39 is 56.1 Å². The highest BCUT2D eigenvalue weighted by molar-refractivity contribution is 7.96. The van der Waals surface area contributed by atoms with Crippen LogP contribution < -0.4 is 0 Å². The first-order valence-corrected chi connectivity index (χ1v) is 10.2. The minimum absolute atomic E-state index is 0.0562. The predicted octanol–water partition coefficient (Wildman–Crippen LogP) is 2.84. The van der Waals surface area contributed by atoms with Crippen molar-refractivity contribution in [2.45, 2.75) is 37.7 Å². The Kier molecular flexibility index (Phi) is 8.76. The molecule has 1 aromatic rings. The first-order valence-electron chi connectivity index (χ1n) is 8.62. The number of aliphatic hydroxyl groups is 3. The highest BCUT2D eigenvalue weighted by Gasteiger charge is 2.50. The average molecular weight is 438 g/mol. The summed E-state index contributed by atoms with van der Waals surface area (Å²) in [5, 5.41) is 25.4. The van der Waals surface area contributed by atoms with Gasteiger partial charge in [-0.2, -0.15) is 0 Å². The normalized spacial score (nSPS) is 22.7. The van der Waals surface area contributed by atoms with E-state index in [-0.39, 0.29) is 16.5 Å². The van der Waals surface area contributed by atoms with Gasteiger partial charge in [-0.15, -0.1) is 0 Å². The van der Waals surface area contributed by atoms with Crippen LogP contribution in [0.2, 0.25) is 0 Å². The van der Waals surface area contributed by atoms with E-state index in [1.54, 1.807) is 6.08 Å². The second kappa shape index (κ2) is 10.1. The van der Waals surface area contributed by atoms with Crippen LogP contribution in [0, 0.1) is 23.3 Å². The van der Waals surface area contributed by atoms with Gasteiger partial charge in [0.05, 0.1) is 10.5 Å². The molecule has 0 aromatic heterocycles. The van der Waals surface area contributed by atoms with Gasteiger partial charge in [0.25, 0.3) is 0 Å². The summed E-state index contributed by atoms with van der Waals surface area (Å²) >= 11 is 0. The molecule has 0 spiro atoms. The van der Waals surface area contributed by atoms with Crippen LogP contribution in [0.25, 0.3) is 0 Å². The molecule has 0 fully saturated rings. The molecular weight excluding hydrogens is 416 g/mol. The van der Waals surface area contributed by atoms with Gasteiger partial charge >= 0.3 is 0 Å². The lowest BCUT2D eigenvalue weighted by atomic mass is 9.97. The van der Waals surface area contributed by atoms with Crippen molar-refractivity contribution in [1.29, 1.82) is 0 Å². The predicted molar refractivity (Wildman–Crippen MR) is 99.4 cm³/mol. The molecule has 3 rings (SSSR count). The molecule has 3 atom stereocenters. The van der Waals surface area contributed by atoms with Gasteiger partial charge in [0.2, 0.25) is 0 Å². The summed E-state index contributed by atoms with van der Waals surface area (Å²) in [7, 11) is -3.40. The van der Waals surface area contributed by atoms with Crippen molar-refractivity contribution in [3.63, 3.8) is 0 Å². The summed E-state index contributed by atoms with van der Waals surface area (Å²) in [6.07, 6.45) is 1.64. The maximum absolute atomic E-state index is 13.9. The van der Waals surface area contributed by atoms with Gasteiger partial charge in [-0.25, -0.2) is 26.0 Å². The number of benzene rings is 1. The van der Waals surface area contributed by atoms with Crippen molar-refractivity contribution in [1.82, 2.24) is 0 Å². The van der Waals surface area contributed by atoms with Crippen molar-refractivity contribution in [2.75, 3.05) is 7.11 Å². The fraction of sp³-hybridized carbons (Fsp3) is 0.368. The SMILES string of the molecule is CC.CO.O=S1(=O)C2=C(C=CCC=C2)C(O)C1C(O)c1c(F)c(F)cc(F)c1F. The van der Waals surface area contributed by atoms with Gasteiger partial charge < -0.3 is 15.3 Å². The van der Waals surface area contributed by atoms with Crippen LogP contribution in [-0.2, 0) is 9.84 Å². The number of halogens is 4. The Bertz CT molecular complexity index is 912. The molecule has 5 nitrogen and oxygen atoms in total. The maximum Gasteiger partial charge on any atom is 0.187 e. The maximum atomic E-state index is 13.9. The van der Waals surface area contributed by atoms with E-state index in [0.29, 0.717) is 6.42 Å². The molecule has 10 heteroatoms. The Morgan fingerprint density at radius 1 is 1.00 bits per heavy atom. The third kappa shape index (κ3) is 4.45. The quantitative estimate of drug-likeness (QED) is 0.488. The average Bonchev–Trinajstić information content (AvgIpc) is 2.87. The van der Waals surface area contributed by atoms with Crippen LogP contribution in [0.1, 0.15) is 31.9 Å². The first kappa shape index (κ1) is 25.0. The third-order valence-corrected chi connectivity index (χ3v) is 6.39. The summed E-state index contributed by atoms with van der Waals surface area (Å²) in [6, 6.07) is -0.0562. The fourth-order valence-electron chi connectivity index (χ4n) is 2.98. The van der Waals surface area contributed by atoms with Gasteiger partial charge in [-0.05, 0) is 12.5 Å². The molecule has 0 bridgehead atoms. The number of hydrogen-bond donors (Lipinski definition) is 3. The van der Waals surface area contributed by atoms with E-state index in [0.717, 1.165) is 7.11 Å². The standard InChI is InChI=1S/C16H12F4O4S.C2H6.CH4O/c17-8-6-9(18)13(20)11(12(8)19)15(22)16-14(21)7-4-2-1-3-5-10(7)25(16,23)24;2*1-2/h2-6,14-16,21-22H,1H2;1-2H3;2H,1H3. The van der Waals surface area contributed by atoms with Gasteiger partial charge in [-0.3, -0.25) is 0 Å². The molecule has 2 aliphatic rings. The van der Waals surface area contributed by atoms with Crippen LogP contribution in [0.3, 0.4) is 0 Å². The molecule has 3 unspecified atom stereocenters. The zero-order valence-corrected chi connectivity index (χ0v) is 16.7. The fourth-order valence-corrected chi connectivity index (χ4v) is 5.04. The van der Waals surface area contributed by atoms with Gasteiger partial charge in [0.1, 0.15) is 17.5 Å². The Balaban J connectivity index is 0.000000989. The molecule has 1 heterocycles. The van der Waals surface area contributed by atoms with Crippen LogP contribution in [-0.4, -0.2) is 42.2 Å². The second-order valence-electron chi connectivity index (χ2n) is 5.64. The number of allylic oxidation sites excluding steroid dienone is 3. The van der Waals surface area contributed by atoms with Crippen molar-refractivity contribution in [2.24, 2.45) is 0 Å². The minimum atomic E-state index is -4.40. The topological polar surface area (TPSA) is 94.8 Å². The zero-order chi connectivity index (χ0) is 22.5.